The first-order valence-electron chi connectivity index (χ1n) is 9.03. The Morgan fingerprint density at radius 3 is 1.46 bits per heavy atom. The number of pyridine rings is 2. The Bertz CT molecular complexity index is 741. The van der Waals surface area contributed by atoms with Crippen molar-refractivity contribution in [3.05, 3.63) is 60.2 Å². The summed E-state index contributed by atoms with van der Waals surface area (Å²) in [6.45, 7) is 0. The van der Waals surface area contributed by atoms with E-state index in [-0.39, 0.29) is 71.9 Å². The molecule has 0 atom stereocenters. The van der Waals surface area contributed by atoms with Gasteiger partial charge in [-0.25, -0.2) is 9.13 Å². The van der Waals surface area contributed by atoms with Crippen molar-refractivity contribution in [2.75, 3.05) is 0 Å². The van der Waals surface area contributed by atoms with Gasteiger partial charge in [0.25, 0.3) is 11.8 Å². The first kappa shape index (κ1) is 24.7. The number of halogens is 2. The van der Waals surface area contributed by atoms with E-state index in [9.17, 15) is 9.59 Å². The molecule has 2 amide bonds. The Balaban J connectivity index is 0.00000196. The Morgan fingerprint density at radius 2 is 1.14 bits per heavy atom. The van der Waals surface area contributed by atoms with Gasteiger partial charge in [0.1, 0.15) is 25.2 Å². The van der Waals surface area contributed by atoms with E-state index in [0.717, 1.165) is 25.7 Å². The SMILES string of the molecule is C[n+]1cccc(C(=O)NC2CCC(NC(=O)c3ccc[n+](C)c3)CC2)c1.[I-].[I-]. The second-order valence-electron chi connectivity index (χ2n) is 7.01. The molecule has 2 aromatic rings. The second-order valence-corrected chi connectivity index (χ2v) is 7.01. The lowest BCUT2D eigenvalue weighted by Gasteiger charge is -2.29. The zero-order valence-electron chi connectivity index (χ0n) is 16.1. The van der Waals surface area contributed by atoms with Crippen molar-refractivity contribution >= 4 is 11.8 Å². The fourth-order valence-corrected chi connectivity index (χ4v) is 3.36. The largest absolute Gasteiger partial charge is 1.00 e. The predicted molar refractivity (Wildman–Crippen MR) is 96.2 cm³/mol. The zero-order valence-corrected chi connectivity index (χ0v) is 20.4. The van der Waals surface area contributed by atoms with Crippen LogP contribution in [0.4, 0.5) is 0 Å². The summed E-state index contributed by atoms with van der Waals surface area (Å²) in [6, 6.07) is 7.70. The van der Waals surface area contributed by atoms with Crippen LogP contribution in [-0.4, -0.2) is 23.9 Å². The van der Waals surface area contributed by atoms with Crippen molar-refractivity contribution in [3.8, 4) is 0 Å². The standard InChI is InChI=1S/C20H24N4O2.2HI/c1-23-11-3-5-15(13-23)19(25)21-17-7-9-18(10-8-17)22-20(26)16-6-4-12-24(2)14-16;;/h3-6,11-14,17-18H,7-10H2,1-2H3;2*1H. The summed E-state index contributed by atoms with van der Waals surface area (Å²) in [5.41, 5.74) is 1.34. The van der Waals surface area contributed by atoms with E-state index in [1.165, 1.54) is 0 Å². The first-order chi connectivity index (χ1) is 12.5. The highest BCUT2D eigenvalue weighted by molar-refractivity contribution is 5.94. The van der Waals surface area contributed by atoms with Gasteiger partial charge in [-0.05, 0) is 37.8 Å². The van der Waals surface area contributed by atoms with E-state index >= 15 is 0 Å². The van der Waals surface area contributed by atoms with Crippen LogP contribution in [0.25, 0.3) is 0 Å². The molecule has 8 heteroatoms. The van der Waals surface area contributed by atoms with Crippen LogP contribution in [-0.2, 0) is 14.1 Å². The monoisotopic (exact) mass is 608 g/mol. The molecular weight excluding hydrogens is 582 g/mol. The smallest absolute Gasteiger partial charge is 0.257 e. The minimum Gasteiger partial charge on any atom is -1.00 e. The summed E-state index contributed by atoms with van der Waals surface area (Å²) < 4.78 is 3.73. The number of carbonyl (C=O) groups is 2. The molecule has 0 unspecified atom stereocenters. The van der Waals surface area contributed by atoms with Crippen LogP contribution in [0.3, 0.4) is 0 Å². The molecule has 2 aromatic heterocycles. The Labute approximate surface area is 200 Å². The molecule has 1 aliphatic carbocycles. The van der Waals surface area contributed by atoms with Crippen molar-refractivity contribution < 1.29 is 66.7 Å². The van der Waals surface area contributed by atoms with E-state index in [0.29, 0.717) is 11.1 Å². The number of aryl methyl sites for hydroxylation is 2. The van der Waals surface area contributed by atoms with Crippen LogP contribution in [0.1, 0.15) is 46.4 Å². The summed E-state index contributed by atoms with van der Waals surface area (Å²) in [4.78, 5) is 24.7. The molecule has 0 radical (unpaired) electrons. The maximum Gasteiger partial charge on any atom is 0.257 e. The van der Waals surface area contributed by atoms with Gasteiger partial charge in [0.2, 0.25) is 0 Å². The Morgan fingerprint density at radius 1 is 0.786 bits per heavy atom. The number of amides is 2. The molecule has 0 bridgehead atoms. The van der Waals surface area contributed by atoms with Gasteiger partial charge in [0.05, 0.1) is 0 Å². The van der Waals surface area contributed by atoms with Crippen LogP contribution < -0.4 is 67.7 Å². The molecule has 0 saturated heterocycles. The molecule has 2 heterocycles. The third kappa shape index (κ3) is 6.94. The van der Waals surface area contributed by atoms with E-state index in [1.807, 2.05) is 72.3 Å². The molecular formula is C20H26I2N4O2. The Kier molecular flexibility index (Phi) is 10.3. The summed E-state index contributed by atoms with van der Waals surface area (Å²) in [7, 11) is 3.80. The molecule has 1 fully saturated rings. The minimum atomic E-state index is -0.0366. The number of hydrogen-bond donors (Lipinski definition) is 2. The van der Waals surface area contributed by atoms with Gasteiger partial charge in [-0.15, -0.1) is 0 Å². The lowest BCUT2D eigenvalue weighted by Crippen LogP contribution is -3.00. The van der Waals surface area contributed by atoms with E-state index in [4.69, 9.17) is 0 Å². The van der Waals surface area contributed by atoms with Gasteiger partial charge in [0.15, 0.2) is 24.8 Å². The third-order valence-electron chi connectivity index (χ3n) is 4.80. The van der Waals surface area contributed by atoms with Crippen molar-refractivity contribution in [2.45, 2.75) is 37.8 Å². The third-order valence-corrected chi connectivity index (χ3v) is 4.80. The molecule has 6 nitrogen and oxygen atoms in total. The van der Waals surface area contributed by atoms with Gasteiger partial charge in [-0.1, -0.05) is 0 Å². The topological polar surface area (TPSA) is 66.0 Å². The Hall–Kier alpha value is -1.30. The van der Waals surface area contributed by atoms with Crippen molar-refractivity contribution in [1.29, 1.82) is 0 Å². The molecule has 0 spiro atoms. The maximum absolute atomic E-state index is 12.3. The molecule has 1 saturated carbocycles. The molecule has 2 N–H and O–H groups in total. The fraction of sp³-hybridized carbons (Fsp3) is 0.400. The zero-order chi connectivity index (χ0) is 18.5. The first-order valence-corrected chi connectivity index (χ1v) is 9.03. The highest BCUT2D eigenvalue weighted by Crippen LogP contribution is 2.19. The van der Waals surface area contributed by atoms with Crippen molar-refractivity contribution in [2.24, 2.45) is 14.1 Å². The van der Waals surface area contributed by atoms with Crippen LogP contribution in [0.15, 0.2) is 49.1 Å². The van der Waals surface area contributed by atoms with Crippen LogP contribution in [0.5, 0.6) is 0 Å². The van der Waals surface area contributed by atoms with E-state index in [1.54, 1.807) is 0 Å². The number of carbonyl (C=O) groups excluding carboxylic acids is 2. The lowest BCUT2D eigenvalue weighted by molar-refractivity contribution is -0.671. The molecule has 152 valence electrons. The van der Waals surface area contributed by atoms with Gasteiger partial charge in [0, 0.05) is 24.2 Å². The molecule has 0 aromatic carbocycles. The van der Waals surface area contributed by atoms with Crippen LogP contribution in [0, 0.1) is 0 Å². The number of nitrogens with one attached hydrogen (secondary N) is 2. The predicted octanol–water partition coefficient (Wildman–Crippen LogP) is -5.19. The van der Waals surface area contributed by atoms with Crippen LogP contribution >= 0.6 is 0 Å². The van der Waals surface area contributed by atoms with Gasteiger partial charge >= 0.3 is 0 Å². The minimum absolute atomic E-state index is 0. The van der Waals surface area contributed by atoms with Gasteiger partial charge in [-0.2, -0.15) is 0 Å². The van der Waals surface area contributed by atoms with E-state index in [2.05, 4.69) is 10.6 Å². The summed E-state index contributed by atoms with van der Waals surface area (Å²) >= 11 is 0. The average molecular weight is 608 g/mol. The number of aromatic nitrogens is 2. The second kappa shape index (κ2) is 11.6. The molecule has 1 aliphatic rings. The summed E-state index contributed by atoms with van der Waals surface area (Å²) in [5, 5.41) is 6.21. The summed E-state index contributed by atoms with van der Waals surface area (Å²) in [5.74, 6) is -0.0732. The lowest BCUT2D eigenvalue weighted by atomic mass is 9.91. The van der Waals surface area contributed by atoms with Gasteiger partial charge < -0.3 is 58.6 Å². The maximum atomic E-state index is 12.3. The molecule has 3 rings (SSSR count). The normalized spacial score (nSPS) is 18.2. The van der Waals surface area contributed by atoms with Crippen molar-refractivity contribution in [1.82, 2.24) is 10.6 Å². The van der Waals surface area contributed by atoms with E-state index < -0.39 is 0 Å². The molecule has 0 aliphatic heterocycles. The fourth-order valence-electron chi connectivity index (χ4n) is 3.36. The number of hydrogen-bond acceptors (Lipinski definition) is 2. The highest BCUT2D eigenvalue weighted by Gasteiger charge is 2.25. The average Bonchev–Trinajstić information content (AvgIpc) is 2.63. The quantitative estimate of drug-likeness (QED) is 0.270. The number of nitrogens with zero attached hydrogens (tertiary/aromatic N) is 2. The molecule has 28 heavy (non-hydrogen) atoms. The van der Waals surface area contributed by atoms with Gasteiger partial charge in [-0.3, -0.25) is 9.59 Å². The highest BCUT2D eigenvalue weighted by atomic mass is 127. The number of rotatable bonds is 4. The van der Waals surface area contributed by atoms with Crippen molar-refractivity contribution in [3.63, 3.8) is 0 Å². The van der Waals surface area contributed by atoms with Crippen LogP contribution in [0.2, 0.25) is 0 Å². The summed E-state index contributed by atoms with van der Waals surface area (Å²) in [6.07, 6.45) is 10.9.